The SMILES string of the molecule is CC/C=C\C(=C/S)C1=CC=C(C)Cc2[nH]c(-c3[nH]nc4ncc(-c5cncc(OC6CCNCC6)c5)cc34)cc21. The number of nitrogens with one attached hydrogen (secondary N) is 3. The number of pyridine rings is 2. The molecule has 0 aromatic carbocycles. The maximum Gasteiger partial charge on any atom is 0.181 e. The minimum Gasteiger partial charge on any atom is -0.489 e. The van der Waals surface area contributed by atoms with Gasteiger partial charge >= 0.3 is 0 Å². The Morgan fingerprint density at radius 1 is 1.10 bits per heavy atom. The van der Waals surface area contributed by atoms with Gasteiger partial charge in [-0.3, -0.25) is 10.1 Å². The van der Waals surface area contributed by atoms with Crippen LogP contribution in [-0.2, 0) is 6.42 Å². The minimum absolute atomic E-state index is 0.218. The second-order valence-corrected chi connectivity index (χ2v) is 10.7. The number of piperidine rings is 1. The predicted molar refractivity (Wildman–Crippen MR) is 165 cm³/mol. The van der Waals surface area contributed by atoms with Gasteiger partial charge < -0.3 is 15.0 Å². The lowest BCUT2D eigenvalue weighted by Crippen LogP contribution is -2.34. The molecule has 1 aliphatic heterocycles. The Hall–Kier alpha value is -3.88. The average Bonchev–Trinajstić information content (AvgIpc) is 3.55. The quantitative estimate of drug-likeness (QED) is 0.150. The number of hydrogen-bond acceptors (Lipinski definition) is 6. The topological polar surface area (TPSA) is 91.5 Å². The molecule has 0 bridgehead atoms. The number of aromatic amines is 2. The highest BCUT2D eigenvalue weighted by atomic mass is 32.1. The van der Waals surface area contributed by atoms with Crippen molar-refractivity contribution in [2.45, 2.75) is 45.6 Å². The molecule has 0 atom stereocenters. The van der Waals surface area contributed by atoms with Gasteiger partial charge in [0.1, 0.15) is 11.9 Å². The van der Waals surface area contributed by atoms with Crippen molar-refractivity contribution in [3.63, 3.8) is 0 Å². The van der Waals surface area contributed by atoms with E-state index in [1.807, 2.05) is 17.8 Å². The molecule has 8 heteroatoms. The van der Waals surface area contributed by atoms with Gasteiger partial charge in [0, 0.05) is 46.6 Å². The summed E-state index contributed by atoms with van der Waals surface area (Å²) in [5.41, 5.74) is 10.4. The van der Waals surface area contributed by atoms with Crippen molar-refractivity contribution in [1.29, 1.82) is 0 Å². The first-order valence-corrected chi connectivity index (χ1v) is 14.4. The number of aromatic nitrogens is 5. The maximum atomic E-state index is 6.24. The Labute approximate surface area is 240 Å². The van der Waals surface area contributed by atoms with Crippen LogP contribution in [0.2, 0.25) is 0 Å². The summed E-state index contributed by atoms with van der Waals surface area (Å²) < 4.78 is 6.24. The molecule has 5 heterocycles. The van der Waals surface area contributed by atoms with Crippen LogP contribution in [-0.4, -0.2) is 44.3 Å². The van der Waals surface area contributed by atoms with E-state index in [1.165, 1.54) is 16.8 Å². The number of nitrogens with zero attached hydrogens (tertiary/aromatic N) is 3. The third-order valence-electron chi connectivity index (χ3n) is 7.48. The van der Waals surface area contributed by atoms with Crippen molar-refractivity contribution in [2.75, 3.05) is 13.1 Å². The molecular formula is C32H34N6OS. The van der Waals surface area contributed by atoms with Crippen LogP contribution in [0.3, 0.4) is 0 Å². The van der Waals surface area contributed by atoms with E-state index in [2.05, 4.69) is 99.4 Å². The summed E-state index contributed by atoms with van der Waals surface area (Å²) in [4.78, 5) is 12.8. The van der Waals surface area contributed by atoms with E-state index in [4.69, 9.17) is 4.74 Å². The first-order valence-electron chi connectivity index (χ1n) is 13.9. The minimum atomic E-state index is 0.218. The molecule has 0 unspecified atom stereocenters. The first kappa shape index (κ1) is 26.3. The molecule has 204 valence electrons. The Kier molecular flexibility index (Phi) is 7.71. The van der Waals surface area contributed by atoms with Gasteiger partial charge in [-0.2, -0.15) is 17.7 Å². The highest BCUT2D eigenvalue weighted by Gasteiger charge is 2.20. The molecule has 6 rings (SSSR count). The van der Waals surface area contributed by atoms with E-state index in [-0.39, 0.29) is 6.10 Å². The lowest BCUT2D eigenvalue weighted by Gasteiger charge is -2.23. The zero-order valence-corrected chi connectivity index (χ0v) is 23.8. The summed E-state index contributed by atoms with van der Waals surface area (Å²) >= 11 is 4.53. The van der Waals surface area contributed by atoms with Crippen molar-refractivity contribution < 1.29 is 4.74 Å². The molecule has 4 aromatic rings. The second-order valence-electron chi connectivity index (χ2n) is 10.4. The zero-order valence-electron chi connectivity index (χ0n) is 22.9. The third-order valence-corrected chi connectivity index (χ3v) is 7.76. The van der Waals surface area contributed by atoms with Crippen LogP contribution < -0.4 is 10.1 Å². The largest absolute Gasteiger partial charge is 0.489 e. The average molecular weight is 551 g/mol. The Morgan fingerprint density at radius 3 is 2.77 bits per heavy atom. The van der Waals surface area contributed by atoms with Gasteiger partial charge in [-0.05, 0) is 74.0 Å². The van der Waals surface area contributed by atoms with Crippen LogP contribution in [0.1, 0.15) is 44.4 Å². The summed E-state index contributed by atoms with van der Waals surface area (Å²) in [7, 11) is 0. The Bertz CT molecular complexity index is 1650. The van der Waals surface area contributed by atoms with Gasteiger partial charge in [-0.15, -0.1) is 0 Å². The van der Waals surface area contributed by atoms with E-state index < -0.39 is 0 Å². The zero-order chi connectivity index (χ0) is 27.5. The fourth-order valence-corrected chi connectivity index (χ4v) is 5.60. The molecule has 1 aliphatic carbocycles. The number of thiol groups is 1. The molecule has 40 heavy (non-hydrogen) atoms. The molecule has 4 aromatic heterocycles. The van der Waals surface area contributed by atoms with E-state index >= 15 is 0 Å². The summed E-state index contributed by atoms with van der Waals surface area (Å²) in [6.07, 6.45) is 18.2. The van der Waals surface area contributed by atoms with Gasteiger partial charge in [0.2, 0.25) is 0 Å². The van der Waals surface area contributed by atoms with E-state index in [9.17, 15) is 0 Å². The van der Waals surface area contributed by atoms with Crippen LogP contribution >= 0.6 is 12.6 Å². The van der Waals surface area contributed by atoms with E-state index in [0.29, 0.717) is 5.65 Å². The fraction of sp³-hybridized carbons (Fsp3) is 0.281. The third kappa shape index (κ3) is 5.42. The van der Waals surface area contributed by atoms with Crippen LogP contribution in [0.15, 0.2) is 77.6 Å². The molecule has 0 saturated carbocycles. The highest BCUT2D eigenvalue weighted by molar-refractivity contribution is 7.83. The van der Waals surface area contributed by atoms with Crippen molar-refractivity contribution in [3.05, 3.63) is 88.9 Å². The predicted octanol–water partition coefficient (Wildman–Crippen LogP) is 6.81. The van der Waals surface area contributed by atoms with Crippen LogP contribution in [0.25, 0.3) is 39.1 Å². The van der Waals surface area contributed by atoms with Gasteiger partial charge in [-0.1, -0.05) is 36.8 Å². The Morgan fingerprint density at radius 2 is 1.95 bits per heavy atom. The number of hydrogen-bond donors (Lipinski definition) is 4. The van der Waals surface area contributed by atoms with Crippen molar-refractivity contribution in [2.24, 2.45) is 0 Å². The molecule has 7 nitrogen and oxygen atoms in total. The van der Waals surface area contributed by atoms with Gasteiger partial charge in [0.15, 0.2) is 5.65 Å². The van der Waals surface area contributed by atoms with Crippen molar-refractivity contribution >= 4 is 29.2 Å². The molecule has 0 radical (unpaired) electrons. The molecule has 0 amide bonds. The molecule has 3 N–H and O–H groups in total. The summed E-state index contributed by atoms with van der Waals surface area (Å²) in [5.74, 6) is 0.790. The standard InChI is InChI=1S/C32H34N6OS/c1-3-4-5-21(19-40)26-7-6-20(2)12-29-27(26)15-30(36-29)31-28-14-23(17-35-32(28)38-37-31)22-13-25(18-34-16-22)39-24-8-10-33-11-9-24/h4-7,13-19,24,33,36,40H,3,8-12H2,1-2H3,(H,35,37,38)/b5-4-,21-19+. The maximum absolute atomic E-state index is 6.24. The van der Waals surface area contributed by atoms with Crippen molar-refractivity contribution in [1.82, 2.24) is 30.5 Å². The summed E-state index contributed by atoms with van der Waals surface area (Å²) in [6.45, 7) is 6.27. The number of fused-ring (bicyclic) bond motifs is 2. The lowest BCUT2D eigenvalue weighted by molar-refractivity contribution is 0.162. The number of allylic oxidation sites excluding steroid dienone is 7. The molecule has 0 spiro atoms. The lowest BCUT2D eigenvalue weighted by atomic mass is 9.97. The second kappa shape index (κ2) is 11.7. The van der Waals surface area contributed by atoms with E-state index in [0.717, 1.165) is 83.6 Å². The number of H-pyrrole nitrogens is 2. The fourth-order valence-electron chi connectivity index (χ4n) is 5.37. The van der Waals surface area contributed by atoms with Gasteiger partial charge in [0.05, 0.1) is 17.6 Å². The van der Waals surface area contributed by atoms with Crippen LogP contribution in [0, 0.1) is 0 Å². The monoisotopic (exact) mass is 550 g/mol. The number of ether oxygens (including phenoxy) is 1. The highest BCUT2D eigenvalue weighted by Crippen LogP contribution is 2.37. The first-order chi connectivity index (χ1) is 19.6. The molecule has 1 fully saturated rings. The van der Waals surface area contributed by atoms with E-state index in [1.54, 1.807) is 6.20 Å². The smallest absolute Gasteiger partial charge is 0.181 e. The van der Waals surface area contributed by atoms with Gasteiger partial charge in [0.25, 0.3) is 0 Å². The van der Waals surface area contributed by atoms with Crippen LogP contribution in [0.4, 0.5) is 0 Å². The number of rotatable bonds is 7. The molecular weight excluding hydrogens is 516 g/mol. The molecule has 1 saturated heterocycles. The van der Waals surface area contributed by atoms with Gasteiger partial charge in [-0.25, -0.2) is 4.98 Å². The molecule has 2 aliphatic rings. The summed E-state index contributed by atoms with van der Waals surface area (Å²) in [6, 6.07) is 6.39. The summed E-state index contributed by atoms with van der Waals surface area (Å²) in [5, 5.41) is 14.0. The Balaban J connectivity index is 1.35. The van der Waals surface area contributed by atoms with Crippen LogP contribution in [0.5, 0.6) is 5.75 Å². The normalized spacial score (nSPS) is 16.6. The van der Waals surface area contributed by atoms with Crippen molar-refractivity contribution in [3.8, 4) is 28.3 Å².